The number of amides is 1. The molecule has 1 heterocycles. The molecule has 1 amide bonds. The maximum atomic E-state index is 12.5. The van der Waals surface area contributed by atoms with E-state index >= 15 is 0 Å². The van der Waals surface area contributed by atoms with Gasteiger partial charge in [-0.3, -0.25) is 10.1 Å². The second-order valence-electron chi connectivity index (χ2n) is 7.76. The van der Waals surface area contributed by atoms with E-state index in [1.165, 1.54) is 5.56 Å². The van der Waals surface area contributed by atoms with Crippen molar-refractivity contribution in [3.8, 4) is 11.5 Å². The summed E-state index contributed by atoms with van der Waals surface area (Å²) in [5, 5.41) is 6.42. The number of nitrogens with zero attached hydrogens (tertiary/aromatic N) is 1. The highest BCUT2D eigenvalue weighted by atomic mass is 35.5. The van der Waals surface area contributed by atoms with Gasteiger partial charge >= 0.3 is 0 Å². The molecule has 4 rings (SSSR count). The zero-order valence-electron chi connectivity index (χ0n) is 18.3. The van der Waals surface area contributed by atoms with Crippen LogP contribution in [0, 0.1) is 0 Å². The quantitative estimate of drug-likeness (QED) is 0.254. The van der Waals surface area contributed by atoms with E-state index in [0.29, 0.717) is 33.7 Å². The predicted molar refractivity (Wildman–Crippen MR) is 143 cm³/mol. The smallest absolute Gasteiger partial charge is 0.258 e. The van der Waals surface area contributed by atoms with Crippen LogP contribution in [0.2, 0.25) is 15.1 Å². The van der Waals surface area contributed by atoms with Gasteiger partial charge in [-0.25, -0.2) is 4.98 Å². The minimum atomic E-state index is -0.492. The van der Waals surface area contributed by atoms with E-state index in [1.54, 1.807) is 36.4 Å². The third-order valence-electron chi connectivity index (χ3n) is 5.48. The summed E-state index contributed by atoms with van der Waals surface area (Å²) in [4.78, 5) is 17.2. The lowest BCUT2D eigenvalue weighted by atomic mass is 9.98. The maximum absolute atomic E-state index is 12.5. The zero-order valence-corrected chi connectivity index (χ0v) is 21.4. The third-order valence-corrected chi connectivity index (χ3v) is 6.83. The van der Waals surface area contributed by atoms with E-state index in [0.717, 1.165) is 11.9 Å². The lowest BCUT2D eigenvalue weighted by molar-refractivity contribution is 0.0978. The molecule has 9 heteroatoms. The fourth-order valence-electron chi connectivity index (χ4n) is 3.37. The van der Waals surface area contributed by atoms with Crippen LogP contribution in [-0.2, 0) is 0 Å². The number of thiocarbonyl (C=S) groups is 1. The molecule has 1 atom stereocenters. The molecule has 5 nitrogen and oxygen atoms in total. The second kappa shape index (κ2) is 10.3. The van der Waals surface area contributed by atoms with Gasteiger partial charge in [0, 0.05) is 5.56 Å². The molecule has 0 aliphatic carbocycles. The number of anilines is 1. The lowest BCUT2D eigenvalue weighted by Crippen LogP contribution is -2.34. The highest BCUT2D eigenvalue weighted by Gasteiger charge is 2.16. The van der Waals surface area contributed by atoms with Crippen molar-refractivity contribution >= 4 is 74.8 Å². The molecule has 3 aromatic carbocycles. The summed E-state index contributed by atoms with van der Waals surface area (Å²) in [6.45, 7) is 4.34. The number of oxazole rings is 1. The van der Waals surface area contributed by atoms with Gasteiger partial charge in [0.2, 0.25) is 5.89 Å². The number of aromatic nitrogens is 1. The molecule has 0 spiro atoms. The molecular formula is C25H20Cl3N3O2S. The average Bonchev–Trinajstić information content (AvgIpc) is 3.25. The van der Waals surface area contributed by atoms with E-state index in [1.807, 2.05) is 6.07 Å². The van der Waals surface area contributed by atoms with Crippen molar-refractivity contribution in [2.45, 2.75) is 26.2 Å². The first-order valence-electron chi connectivity index (χ1n) is 10.5. The van der Waals surface area contributed by atoms with Gasteiger partial charge in [-0.1, -0.05) is 60.8 Å². The van der Waals surface area contributed by atoms with E-state index < -0.39 is 5.91 Å². The lowest BCUT2D eigenvalue weighted by Gasteiger charge is -2.12. The molecule has 2 N–H and O–H groups in total. The van der Waals surface area contributed by atoms with Gasteiger partial charge in [0.15, 0.2) is 10.7 Å². The summed E-state index contributed by atoms with van der Waals surface area (Å²) in [7, 11) is 0. The Kier molecular flexibility index (Phi) is 7.43. The second-order valence-corrected chi connectivity index (χ2v) is 9.36. The van der Waals surface area contributed by atoms with E-state index in [4.69, 9.17) is 51.4 Å². The Morgan fingerprint density at radius 2 is 1.88 bits per heavy atom. The van der Waals surface area contributed by atoms with Crippen molar-refractivity contribution in [1.29, 1.82) is 0 Å². The minimum absolute atomic E-state index is 0.0517. The summed E-state index contributed by atoms with van der Waals surface area (Å²) >= 11 is 23.8. The van der Waals surface area contributed by atoms with Gasteiger partial charge in [0.25, 0.3) is 5.91 Å². The largest absolute Gasteiger partial charge is 0.436 e. The highest BCUT2D eigenvalue weighted by molar-refractivity contribution is 7.80. The predicted octanol–water partition coefficient (Wildman–Crippen LogP) is 8.10. The van der Waals surface area contributed by atoms with Gasteiger partial charge in [-0.05, 0) is 72.6 Å². The molecule has 0 saturated carbocycles. The van der Waals surface area contributed by atoms with Crippen molar-refractivity contribution in [3.05, 3.63) is 80.8 Å². The highest BCUT2D eigenvalue weighted by Crippen LogP contribution is 2.32. The topological polar surface area (TPSA) is 67.2 Å². The summed E-state index contributed by atoms with van der Waals surface area (Å²) < 4.78 is 5.96. The number of hydrogen-bond donors (Lipinski definition) is 2. The van der Waals surface area contributed by atoms with Crippen molar-refractivity contribution in [2.75, 3.05) is 5.32 Å². The Balaban J connectivity index is 1.54. The molecule has 0 radical (unpaired) electrons. The summed E-state index contributed by atoms with van der Waals surface area (Å²) in [6.07, 6.45) is 1.04. The molecule has 174 valence electrons. The summed E-state index contributed by atoms with van der Waals surface area (Å²) in [6, 6.07) is 16.1. The van der Waals surface area contributed by atoms with Gasteiger partial charge < -0.3 is 9.73 Å². The first-order chi connectivity index (χ1) is 16.3. The molecule has 0 bridgehead atoms. The Morgan fingerprint density at radius 1 is 1.09 bits per heavy atom. The maximum Gasteiger partial charge on any atom is 0.258 e. The number of benzene rings is 3. The Bertz CT molecular complexity index is 1400. The summed E-state index contributed by atoms with van der Waals surface area (Å²) in [5.74, 6) is 0.402. The van der Waals surface area contributed by atoms with Crippen LogP contribution in [0.4, 0.5) is 5.69 Å². The Labute approximate surface area is 217 Å². The number of carbonyl (C=O) groups excluding carboxylic acids is 1. The summed E-state index contributed by atoms with van der Waals surface area (Å²) in [5.41, 5.74) is 4.12. The normalized spacial score (nSPS) is 11.9. The third kappa shape index (κ3) is 5.20. The van der Waals surface area contributed by atoms with Gasteiger partial charge in [-0.2, -0.15) is 0 Å². The SMILES string of the molecule is CCC(C)c1ccc2oc(-c3ccc(Cl)c(NC(=S)NC(=O)c4cccc(Cl)c4Cl)c3)nc2c1. The minimum Gasteiger partial charge on any atom is -0.436 e. The molecule has 34 heavy (non-hydrogen) atoms. The van der Waals surface area contributed by atoms with E-state index in [9.17, 15) is 4.79 Å². The fraction of sp³-hybridized carbons (Fsp3) is 0.160. The number of halogens is 3. The fourth-order valence-corrected chi connectivity index (χ4v) is 4.12. The van der Waals surface area contributed by atoms with Crippen LogP contribution >= 0.6 is 47.0 Å². The molecule has 0 aliphatic rings. The molecule has 0 saturated heterocycles. The van der Waals surface area contributed by atoms with Gasteiger partial charge in [-0.15, -0.1) is 0 Å². The van der Waals surface area contributed by atoms with Crippen LogP contribution in [-0.4, -0.2) is 16.0 Å². The monoisotopic (exact) mass is 531 g/mol. The van der Waals surface area contributed by atoms with Crippen molar-refractivity contribution in [2.24, 2.45) is 0 Å². The van der Waals surface area contributed by atoms with Crippen LogP contribution < -0.4 is 10.6 Å². The average molecular weight is 533 g/mol. The number of hydrogen-bond acceptors (Lipinski definition) is 4. The first-order valence-corrected chi connectivity index (χ1v) is 12.1. The molecule has 0 aliphatic heterocycles. The van der Waals surface area contributed by atoms with Gasteiger partial charge in [0.1, 0.15) is 5.52 Å². The Morgan fingerprint density at radius 3 is 2.65 bits per heavy atom. The molecule has 0 fully saturated rings. The van der Waals surface area contributed by atoms with Crippen LogP contribution in [0.1, 0.15) is 42.1 Å². The van der Waals surface area contributed by atoms with E-state index in [2.05, 4.69) is 41.6 Å². The number of nitrogens with one attached hydrogen (secondary N) is 2. The molecule has 1 aromatic heterocycles. The van der Waals surface area contributed by atoms with E-state index in [-0.39, 0.29) is 20.7 Å². The van der Waals surface area contributed by atoms with Crippen LogP contribution in [0.15, 0.2) is 59.0 Å². The van der Waals surface area contributed by atoms with Crippen molar-refractivity contribution < 1.29 is 9.21 Å². The van der Waals surface area contributed by atoms with Gasteiger partial charge in [0.05, 0.1) is 26.3 Å². The molecular weight excluding hydrogens is 513 g/mol. The number of fused-ring (bicyclic) bond motifs is 1. The molecule has 1 unspecified atom stereocenters. The number of rotatable bonds is 5. The number of carbonyl (C=O) groups is 1. The zero-order chi connectivity index (χ0) is 24.4. The van der Waals surface area contributed by atoms with Crippen LogP contribution in [0.3, 0.4) is 0 Å². The molecule has 4 aromatic rings. The van der Waals surface area contributed by atoms with Crippen molar-refractivity contribution in [1.82, 2.24) is 10.3 Å². The first kappa shape index (κ1) is 24.5. The van der Waals surface area contributed by atoms with Crippen LogP contribution in [0.5, 0.6) is 0 Å². The van der Waals surface area contributed by atoms with Crippen molar-refractivity contribution in [3.63, 3.8) is 0 Å². The standard InChI is InChI=1S/C25H20Cl3N3O2S/c1-3-13(2)14-8-10-21-20(11-14)29-24(33-21)15-7-9-17(26)19(12-15)30-25(34)31-23(32)16-5-4-6-18(27)22(16)28/h4-13H,3H2,1-2H3,(H2,30,31,32,34). The Hall–Kier alpha value is -2.64. The van der Waals surface area contributed by atoms with Crippen LogP contribution in [0.25, 0.3) is 22.6 Å².